The number of nitrogens with one attached hydrogen (secondary N) is 1. The fourth-order valence-electron chi connectivity index (χ4n) is 2.90. The van der Waals surface area contributed by atoms with Crippen LogP contribution in [0.3, 0.4) is 0 Å². The van der Waals surface area contributed by atoms with Gasteiger partial charge in [0.15, 0.2) is 0 Å². The van der Waals surface area contributed by atoms with Crippen LogP contribution in [0, 0.1) is 0 Å². The van der Waals surface area contributed by atoms with Crippen molar-refractivity contribution < 1.29 is 4.74 Å². The van der Waals surface area contributed by atoms with Gasteiger partial charge in [-0.15, -0.1) is 0 Å². The molecule has 0 spiro atoms. The quantitative estimate of drug-likeness (QED) is 0.762. The van der Waals surface area contributed by atoms with E-state index in [1.54, 1.807) is 0 Å². The molecule has 0 aromatic heterocycles. The van der Waals surface area contributed by atoms with E-state index in [9.17, 15) is 0 Å². The molecule has 1 heterocycles. The van der Waals surface area contributed by atoms with Crippen molar-refractivity contribution >= 4 is 0 Å². The number of hydrogen-bond acceptors (Lipinski definition) is 3. The fourth-order valence-corrected chi connectivity index (χ4v) is 2.90. The molecule has 0 bridgehead atoms. The van der Waals surface area contributed by atoms with Crippen molar-refractivity contribution in [2.45, 2.75) is 37.6 Å². The fraction of sp³-hybridized carbons (Fsp3) is 1.00. The lowest BCUT2D eigenvalue weighted by atomic mass is 9.81. The molecule has 15 heavy (non-hydrogen) atoms. The maximum atomic E-state index is 5.39. The topological polar surface area (TPSA) is 24.5 Å². The van der Waals surface area contributed by atoms with Crippen molar-refractivity contribution in [3.05, 3.63) is 0 Å². The third-order valence-corrected chi connectivity index (χ3v) is 3.97. The second kappa shape index (κ2) is 5.28. The highest BCUT2D eigenvalue weighted by atomic mass is 16.5. The van der Waals surface area contributed by atoms with Gasteiger partial charge in [-0.05, 0) is 19.9 Å². The molecule has 0 aromatic rings. The van der Waals surface area contributed by atoms with Gasteiger partial charge in [-0.3, -0.25) is 4.90 Å². The van der Waals surface area contributed by atoms with Gasteiger partial charge in [0.05, 0.1) is 13.2 Å². The van der Waals surface area contributed by atoms with Crippen LogP contribution in [0.1, 0.15) is 32.1 Å². The zero-order valence-corrected chi connectivity index (χ0v) is 9.93. The summed E-state index contributed by atoms with van der Waals surface area (Å²) in [6.45, 7) is 5.28. The van der Waals surface area contributed by atoms with E-state index < -0.39 is 0 Å². The van der Waals surface area contributed by atoms with Crippen LogP contribution in [0.15, 0.2) is 0 Å². The van der Waals surface area contributed by atoms with E-state index in [2.05, 4.69) is 17.3 Å². The van der Waals surface area contributed by atoms with Gasteiger partial charge in [0.1, 0.15) is 0 Å². The summed E-state index contributed by atoms with van der Waals surface area (Å²) in [5.74, 6) is 0. The van der Waals surface area contributed by atoms with Crippen LogP contribution in [-0.4, -0.2) is 50.3 Å². The van der Waals surface area contributed by atoms with E-state index in [0.717, 1.165) is 26.3 Å². The van der Waals surface area contributed by atoms with Gasteiger partial charge in [-0.2, -0.15) is 0 Å². The van der Waals surface area contributed by atoms with Crippen molar-refractivity contribution in [2.75, 3.05) is 39.9 Å². The molecule has 1 aliphatic carbocycles. The zero-order chi connectivity index (χ0) is 10.6. The van der Waals surface area contributed by atoms with Crippen LogP contribution in [0.2, 0.25) is 0 Å². The van der Waals surface area contributed by atoms with Crippen molar-refractivity contribution in [3.8, 4) is 0 Å². The van der Waals surface area contributed by atoms with Gasteiger partial charge < -0.3 is 10.1 Å². The molecular weight excluding hydrogens is 188 g/mol. The number of rotatable bonds is 3. The minimum atomic E-state index is 0.398. The lowest BCUT2D eigenvalue weighted by Gasteiger charge is -2.42. The molecule has 1 aliphatic heterocycles. The molecule has 88 valence electrons. The van der Waals surface area contributed by atoms with Gasteiger partial charge in [0.25, 0.3) is 0 Å². The molecule has 1 N–H and O–H groups in total. The molecule has 0 aromatic carbocycles. The highest BCUT2D eigenvalue weighted by molar-refractivity contribution is 4.92. The maximum Gasteiger partial charge on any atom is 0.0594 e. The van der Waals surface area contributed by atoms with Gasteiger partial charge in [0.2, 0.25) is 0 Å². The molecule has 2 fully saturated rings. The summed E-state index contributed by atoms with van der Waals surface area (Å²) in [6.07, 6.45) is 6.91. The van der Waals surface area contributed by atoms with Gasteiger partial charge in [0, 0.05) is 25.2 Å². The lowest BCUT2D eigenvalue weighted by Crippen LogP contribution is -2.55. The minimum Gasteiger partial charge on any atom is -0.379 e. The van der Waals surface area contributed by atoms with Crippen molar-refractivity contribution in [2.24, 2.45) is 0 Å². The molecule has 1 saturated carbocycles. The highest BCUT2D eigenvalue weighted by Gasteiger charge is 2.32. The number of hydrogen-bond donors (Lipinski definition) is 1. The Balaban J connectivity index is 1.87. The molecule has 0 atom stereocenters. The Morgan fingerprint density at radius 2 is 1.80 bits per heavy atom. The Morgan fingerprint density at radius 1 is 1.13 bits per heavy atom. The average molecular weight is 212 g/mol. The van der Waals surface area contributed by atoms with Crippen LogP contribution in [0.4, 0.5) is 0 Å². The summed E-state index contributed by atoms with van der Waals surface area (Å²) in [4.78, 5) is 2.56. The summed E-state index contributed by atoms with van der Waals surface area (Å²) >= 11 is 0. The standard InChI is InChI=1S/C12H24N2O/c1-13-12(5-3-2-4-6-12)11-14-7-9-15-10-8-14/h13H,2-11H2,1H3. The summed E-state index contributed by atoms with van der Waals surface area (Å²) in [5.41, 5.74) is 0.398. The van der Waals surface area contributed by atoms with Gasteiger partial charge >= 0.3 is 0 Å². The van der Waals surface area contributed by atoms with Crippen molar-refractivity contribution in [3.63, 3.8) is 0 Å². The van der Waals surface area contributed by atoms with Crippen LogP contribution in [-0.2, 0) is 4.74 Å². The minimum absolute atomic E-state index is 0.398. The molecule has 0 unspecified atom stereocenters. The zero-order valence-electron chi connectivity index (χ0n) is 9.93. The first-order chi connectivity index (χ1) is 7.35. The summed E-state index contributed by atoms with van der Waals surface area (Å²) in [6, 6.07) is 0. The van der Waals surface area contributed by atoms with E-state index >= 15 is 0 Å². The Bertz CT molecular complexity index is 184. The smallest absolute Gasteiger partial charge is 0.0594 e. The molecular formula is C12H24N2O. The van der Waals surface area contributed by atoms with Gasteiger partial charge in [-0.25, -0.2) is 0 Å². The molecule has 3 heteroatoms. The molecule has 2 rings (SSSR count). The lowest BCUT2D eigenvalue weighted by molar-refractivity contribution is 0.0192. The monoisotopic (exact) mass is 212 g/mol. The van der Waals surface area contributed by atoms with Crippen LogP contribution < -0.4 is 5.32 Å². The van der Waals surface area contributed by atoms with E-state index in [1.807, 2.05) is 0 Å². The Morgan fingerprint density at radius 3 is 2.40 bits per heavy atom. The van der Waals surface area contributed by atoms with Crippen LogP contribution in [0.25, 0.3) is 0 Å². The van der Waals surface area contributed by atoms with E-state index in [-0.39, 0.29) is 0 Å². The molecule has 1 saturated heterocycles. The Labute approximate surface area is 93.2 Å². The predicted octanol–water partition coefficient (Wildman–Crippen LogP) is 1.24. The SMILES string of the molecule is CNC1(CN2CCOCC2)CCCCC1. The Kier molecular flexibility index (Phi) is 4.00. The Hall–Kier alpha value is -0.120. The van der Waals surface area contributed by atoms with Crippen LogP contribution >= 0.6 is 0 Å². The second-order valence-electron chi connectivity index (χ2n) is 4.98. The van der Waals surface area contributed by atoms with Gasteiger partial charge in [-0.1, -0.05) is 19.3 Å². The van der Waals surface area contributed by atoms with Crippen molar-refractivity contribution in [1.29, 1.82) is 0 Å². The molecule has 0 amide bonds. The third kappa shape index (κ3) is 2.92. The molecule has 3 nitrogen and oxygen atoms in total. The number of ether oxygens (including phenoxy) is 1. The van der Waals surface area contributed by atoms with E-state index in [4.69, 9.17) is 4.74 Å². The van der Waals surface area contributed by atoms with E-state index in [1.165, 1.54) is 38.6 Å². The molecule has 0 radical (unpaired) electrons. The average Bonchev–Trinajstić information content (AvgIpc) is 2.32. The normalized spacial score (nSPS) is 27.8. The third-order valence-electron chi connectivity index (χ3n) is 3.97. The summed E-state index contributed by atoms with van der Waals surface area (Å²) in [7, 11) is 2.13. The number of morpholine rings is 1. The maximum absolute atomic E-state index is 5.39. The first kappa shape index (κ1) is 11.4. The van der Waals surface area contributed by atoms with Crippen LogP contribution in [0.5, 0.6) is 0 Å². The summed E-state index contributed by atoms with van der Waals surface area (Å²) in [5, 5.41) is 3.58. The highest BCUT2D eigenvalue weighted by Crippen LogP contribution is 2.28. The first-order valence-corrected chi connectivity index (χ1v) is 6.34. The largest absolute Gasteiger partial charge is 0.379 e. The van der Waals surface area contributed by atoms with E-state index in [0.29, 0.717) is 5.54 Å². The number of likely N-dealkylation sites (N-methyl/N-ethyl adjacent to an activating group) is 1. The van der Waals surface area contributed by atoms with Crippen molar-refractivity contribution in [1.82, 2.24) is 10.2 Å². The molecule has 2 aliphatic rings. The predicted molar refractivity (Wildman–Crippen MR) is 62.1 cm³/mol. The second-order valence-corrected chi connectivity index (χ2v) is 4.98. The first-order valence-electron chi connectivity index (χ1n) is 6.34. The number of nitrogens with zero attached hydrogens (tertiary/aromatic N) is 1. The summed E-state index contributed by atoms with van der Waals surface area (Å²) < 4.78 is 5.39.